The second-order valence-corrected chi connectivity index (χ2v) is 2.58. The SMILES string of the molecule is CC.CC#CC.Cc1ccccc1C. The van der Waals surface area contributed by atoms with Crippen molar-refractivity contribution in [3.05, 3.63) is 35.4 Å². The second-order valence-electron chi connectivity index (χ2n) is 2.58. The number of hydrogen-bond acceptors (Lipinski definition) is 0. The summed E-state index contributed by atoms with van der Waals surface area (Å²) in [6.45, 7) is 11.9. The predicted octanol–water partition coefficient (Wildman–Crippen LogP) is 4.36. The van der Waals surface area contributed by atoms with E-state index in [1.54, 1.807) is 0 Å². The summed E-state index contributed by atoms with van der Waals surface area (Å²) in [4.78, 5) is 0. The van der Waals surface area contributed by atoms with Crippen molar-refractivity contribution in [1.82, 2.24) is 0 Å². The van der Waals surface area contributed by atoms with E-state index < -0.39 is 0 Å². The monoisotopic (exact) mass is 190 g/mol. The third-order valence-corrected chi connectivity index (χ3v) is 1.68. The highest BCUT2D eigenvalue weighted by Gasteiger charge is 1.83. The summed E-state index contributed by atoms with van der Waals surface area (Å²) in [5.74, 6) is 5.36. The molecule has 0 saturated heterocycles. The molecule has 0 nitrogen and oxygen atoms in total. The van der Waals surface area contributed by atoms with Crippen LogP contribution in [-0.4, -0.2) is 0 Å². The Bertz CT molecular complexity index is 247. The first-order chi connectivity index (χ1) is 6.72. The molecule has 0 N–H and O–H groups in total. The van der Waals surface area contributed by atoms with Gasteiger partial charge in [-0.05, 0) is 38.8 Å². The lowest BCUT2D eigenvalue weighted by molar-refractivity contribution is 1.34. The molecule has 0 heteroatoms. The zero-order chi connectivity index (χ0) is 11.4. The van der Waals surface area contributed by atoms with E-state index >= 15 is 0 Å². The van der Waals surface area contributed by atoms with Crippen LogP contribution in [0.25, 0.3) is 0 Å². The molecule has 0 atom stereocenters. The van der Waals surface area contributed by atoms with Crippen LogP contribution in [0.2, 0.25) is 0 Å². The first kappa shape index (κ1) is 15.3. The van der Waals surface area contributed by atoms with Gasteiger partial charge in [-0.1, -0.05) is 38.1 Å². The lowest BCUT2D eigenvalue weighted by atomic mass is 10.1. The quantitative estimate of drug-likeness (QED) is 0.533. The highest BCUT2D eigenvalue weighted by Crippen LogP contribution is 2.02. The van der Waals surface area contributed by atoms with Crippen LogP contribution in [0, 0.1) is 25.7 Å². The molecular formula is C14H22. The summed E-state index contributed by atoms with van der Waals surface area (Å²) in [5, 5.41) is 0. The Morgan fingerprint density at radius 1 is 0.786 bits per heavy atom. The highest BCUT2D eigenvalue weighted by atomic mass is 13.9. The van der Waals surface area contributed by atoms with E-state index in [-0.39, 0.29) is 0 Å². The maximum Gasteiger partial charge on any atom is -0.00271 e. The fourth-order valence-electron chi connectivity index (χ4n) is 0.663. The van der Waals surface area contributed by atoms with Gasteiger partial charge in [0, 0.05) is 0 Å². The van der Waals surface area contributed by atoms with Crippen molar-refractivity contribution in [1.29, 1.82) is 0 Å². The molecule has 1 rings (SSSR count). The van der Waals surface area contributed by atoms with Crippen molar-refractivity contribution in [2.45, 2.75) is 41.5 Å². The summed E-state index contributed by atoms with van der Waals surface area (Å²) in [7, 11) is 0. The summed E-state index contributed by atoms with van der Waals surface area (Å²) in [6.07, 6.45) is 0. The molecule has 1 aromatic carbocycles. The van der Waals surface area contributed by atoms with Gasteiger partial charge < -0.3 is 0 Å². The predicted molar refractivity (Wildman–Crippen MR) is 66.4 cm³/mol. The Balaban J connectivity index is 0. The van der Waals surface area contributed by atoms with Crippen LogP contribution in [0.1, 0.15) is 38.8 Å². The molecule has 0 unspecified atom stereocenters. The van der Waals surface area contributed by atoms with Crippen LogP contribution in [0.4, 0.5) is 0 Å². The zero-order valence-electron chi connectivity index (χ0n) is 10.3. The van der Waals surface area contributed by atoms with Crippen LogP contribution < -0.4 is 0 Å². The number of hydrogen-bond donors (Lipinski definition) is 0. The molecule has 0 heterocycles. The summed E-state index contributed by atoms with van der Waals surface area (Å²) >= 11 is 0. The molecule has 0 fully saturated rings. The van der Waals surface area contributed by atoms with Gasteiger partial charge >= 0.3 is 0 Å². The average molecular weight is 190 g/mol. The van der Waals surface area contributed by atoms with Gasteiger partial charge in [0.15, 0.2) is 0 Å². The maximum atomic E-state index is 2.68. The van der Waals surface area contributed by atoms with E-state index in [0.717, 1.165) is 0 Å². The molecule has 0 spiro atoms. The fourth-order valence-corrected chi connectivity index (χ4v) is 0.663. The second kappa shape index (κ2) is 11.8. The summed E-state index contributed by atoms with van der Waals surface area (Å²) < 4.78 is 0. The molecule has 78 valence electrons. The van der Waals surface area contributed by atoms with E-state index in [1.807, 2.05) is 27.7 Å². The number of aryl methyl sites for hydroxylation is 2. The van der Waals surface area contributed by atoms with Crippen LogP contribution in [0.3, 0.4) is 0 Å². The Hall–Kier alpha value is -1.22. The Morgan fingerprint density at radius 2 is 1.07 bits per heavy atom. The van der Waals surface area contributed by atoms with Crippen LogP contribution in [0.5, 0.6) is 0 Å². The molecule has 1 aromatic rings. The third kappa shape index (κ3) is 8.87. The summed E-state index contributed by atoms with van der Waals surface area (Å²) in [6, 6.07) is 8.36. The van der Waals surface area contributed by atoms with Crippen molar-refractivity contribution in [2.24, 2.45) is 0 Å². The maximum absolute atomic E-state index is 2.68. The molecule has 14 heavy (non-hydrogen) atoms. The van der Waals surface area contributed by atoms with E-state index in [0.29, 0.717) is 0 Å². The molecule has 0 aliphatic carbocycles. The number of rotatable bonds is 0. The van der Waals surface area contributed by atoms with Gasteiger partial charge in [0.2, 0.25) is 0 Å². The van der Waals surface area contributed by atoms with Gasteiger partial charge in [-0.2, -0.15) is 0 Å². The minimum absolute atomic E-state index is 1.37. The lowest BCUT2D eigenvalue weighted by Crippen LogP contribution is -1.74. The molecule has 0 radical (unpaired) electrons. The van der Waals surface area contributed by atoms with Crippen molar-refractivity contribution < 1.29 is 0 Å². The highest BCUT2D eigenvalue weighted by molar-refractivity contribution is 5.23. The van der Waals surface area contributed by atoms with Gasteiger partial charge in [-0.25, -0.2) is 0 Å². The van der Waals surface area contributed by atoms with Crippen molar-refractivity contribution >= 4 is 0 Å². The Kier molecular flexibility index (Phi) is 12.8. The van der Waals surface area contributed by atoms with E-state index in [9.17, 15) is 0 Å². The molecule has 0 aliphatic rings. The van der Waals surface area contributed by atoms with E-state index in [2.05, 4.69) is 50.0 Å². The van der Waals surface area contributed by atoms with Crippen LogP contribution in [0.15, 0.2) is 24.3 Å². The standard InChI is InChI=1S/C8H10.C4H6.C2H6/c1-7-5-3-4-6-8(7)2;1-3-4-2;1-2/h3-6H,1-2H3;1-2H3;1-2H3. The lowest BCUT2D eigenvalue weighted by Gasteiger charge is -1.93. The molecule has 0 saturated carbocycles. The largest absolute Gasteiger partial charge is 0.107 e. The van der Waals surface area contributed by atoms with Crippen molar-refractivity contribution in [3.63, 3.8) is 0 Å². The van der Waals surface area contributed by atoms with Crippen molar-refractivity contribution in [3.8, 4) is 11.8 Å². The van der Waals surface area contributed by atoms with Gasteiger partial charge in [0.25, 0.3) is 0 Å². The molecule has 0 aromatic heterocycles. The first-order valence-corrected chi connectivity index (χ1v) is 5.08. The third-order valence-electron chi connectivity index (χ3n) is 1.68. The average Bonchev–Trinajstić information content (AvgIpc) is 2.26. The van der Waals surface area contributed by atoms with E-state index in [4.69, 9.17) is 0 Å². The Labute approximate surface area is 89.4 Å². The molecular weight excluding hydrogens is 168 g/mol. The van der Waals surface area contributed by atoms with Crippen molar-refractivity contribution in [2.75, 3.05) is 0 Å². The Morgan fingerprint density at radius 3 is 1.21 bits per heavy atom. The topological polar surface area (TPSA) is 0 Å². The summed E-state index contributed by atoms with van der Waals surface area (Å²) in [5.41, 5.74) is 2.74. The smallest absolute Gasteiger partial charge is 0.00271 e. The van der Waals surface area contributed by atoms with Gasteiger partial charge in [0.05, 0.1) is 0 Å². The molecule has 0 aliphatic heterocycles. The van der Waals surface area contributed by atoms with Crippen LogP contribution >= 0.6 is 0 Å². The fraction of sp³-hybridized carbons (Fsp3) is 0.429. The minimum Gasteiger partial charge on any atom is -0.107 e. The van der Waals surface area contributed by atoms with E-state index in [1.165, 1.54) is 11.1 Å². The molecule has 0 amide bonds. The van der Waals surface area contributed by atoms with Gasteiger partial charge in [-0.15, -0.1) is 11.8 Å². The van der Waals surface area contributed by atoms with Crippen LogP contribution in [-0.2, 0) is 0 Å². The normalized spacial score (nSPS) is 6.71. The molecule has 0 bridgehead atoms. The minimum atomic E-state index is 1.37. The first-order valence-electron chi connectivity index (χ1n) is 5.08. The van der Waals surface area contributed by atoms with Gasteiger partial charge in [-0.3, -0.25) is 0 Å². The number of benzene rings is 1. The van der Waals surface area contributed by atoms with Gasteiger partial charge in [0.1, 0.15) is 0 Å². The zero-order valence-corrected chi connectivity index (χ0v) is 10.3.